The Kier molecular flexibility index (Phi) is 4.29. The van der Waals surface area contributed by atoms with Gasteiger partial charge in [-0.3, -0.25) is 0 Å². The number of aromatic nitrogens is 2. The summed E-state index contributed by atoms with van der Waals surface area (Å²) in [4.78, 5) is 8.27. The van der Waals surface area contributed by atoms with Crippen molar-refractivity contribution in [3.05, 3.63) is 24.3 Å². The fourth-order valence-corrected chi connectivity index (χ4v) is 1.54. The van der Waals surface area contributed by atoms with Crippen molar-refractivity contribution in [1.29, 1.82) is 0 Å². The summed E-state index contributed by atoms with van der Waals surface area (Å²) < 4.78 is 0. The molecule has 78 valence electrons. The molecule has 1 aromatic heterocycles. The molecule has 1 rings (SSSR count). The number of halogens is 1. The van der Waals surface area contributed by atoms with Gasteiger partial charge in [0.15, 0.2) is 0 Å². The minimum absolute atomic E-state index is 0.0426. The monoisotopic (exact) mass is 213 g/mol. The maximum atomic E-state index is 5.70. The summed E-state index contributed by atoms with van der Waals surface area (Å²) in [5, 5.41) is 3.37. The Labute approximate surface area is 89.9 Å². The maximum Gasteiger partial charge on any atom is 0.141 e. The number of nitrogens with zero attached hydrogens (tertiary/aromatic N) is 2. The van der Waals surface area contributed by atoms with E-state index in [9.17, 15) is 0 Å². The fourth-order valence-electron chi connectivity index (χ4n) is 1.06. The largest absolute Gasteiger partial charge is 0.305 e. The average molecular weight is 214 g/mol. The molecule has 0 bridgehead atoms. The van der Waals surface area contributed by atoms with Crippen molar-refractivity contribution in [2.45, 2.75) is 32.4 Å². The summed E-state index contributed by atoms with van der Waals surface area (Å²) in [6.07, 6.45) is 4.43. The summed E-state index contributed by atoms with van der Waals surface area (Å²) in [7, 11) is 0. The second kappa shape index (κ2) is 5.27. The van der Waals surface area contributed by atoms with Crippen molar-refractivity contribution in [3.63, 3.8) is 0 Å². The molecular weight excluding hydrogens is 198 g/mol. The third kappa shape index (κ3) is 4.03. The van der Waals surface area contributed by atoms with Gasteiger partial charge in [-0.2, -0.15) is 0 Å². The van der Waals surface area contributed by atoms with Crippen LogP contribution in [0.25, 0.3) is 0 Å². The lowest BCUT2D eigenvalue weighted by Gasteiger charge is -2.24. The van der Waals surface area contributed by atoms with Gasteiger partial charge in [0.1, 0.15) is 5.82 Å². The van der Waals surface area contributed by atoms with Crippen LogP contribution >= 0.6 is 11.6 Å². The van der Waals surface area contributed by atoms with Gasteiger partial charge in [-0.1, -0.05) is 0 Å². The van der Waals surface area contributed by atoms with E-state index in [1.54, 1.807) is 12.4 Å². The van der Waals surface area contributed by atoms with E-state index < -0.39 is 0 Å². The Balaban J connectivity index is 2.40. The van der Waals surface area contributed by atoms with Gasteiger partial charge in [-0.05, 0) is 26.3 Å². The van der Waals surface area contributed by atoms with Gasteiger partial charge in [0.25, 0.3) is 0 Å². The van der Waals surface area contributed by atoms with Crippen LogP contribution in [0.3, 0.4) is 0 Å². The zero-order chi connectivity index (χ0) is 10.4. The molecule has 0 saturated heterocycles. The predicted octanol–water partition coefficient (Wildman–Crippen LogP) is 1.97. The van der Waals surface area contributed by atoms with E-state index in [2.05, 4.69) is 29.1 Å². The number of alkyl halides is 1. The van der Waals surface area contributed by atoms with Crippen molar-refractivity contribution in [2.75, 3.05) is 5.88 Å². The lowest BCUT2D eigenvalue weighted by molar-refractivity contribution is 0.371. The molecule has 0 saturated carbocycles. The molecule has 0 atom stereocenters. The van der Waals surface area contributed by atoms with Crippen LogP contribution < -0.4 is 5.32 Å². The van der Waals surface area contributed by atoms with E-state index in [4.69, 9.17) is 11.6 Å². The topological polar surface area (TPSA) is 37.8 Å². The van der Waals surface area contributed by atoms with Crippen molar-refractivity contribution >= 4 is 11.6 Å². The quantitative estimate of drug-likeness (QED) is 0.761. The molecule has 0 aliphatic rings. The van der Waals surface area contributed by atoms with Gasteiger partial charge in [-0.25, -0.2) is 9.97 Å². The zero-order valence-electron chi connectivity index (χ0n) is 8.63. The van der Waals surface area contributed by atoms with Crippen LogP contribution in [0, 0.1) is 0 Å². The van der Waals surface area contributed by atoms with Crippen LogP contribution in [0.2, 0.25) is 0 Å². The van der Waals surface area contributed by atoms with E-state index in [-0.39, 0.29) is 5.54 Å². The summed E-state index contributed by atoms with van der Waals surface area (Å²) >= 11 is 5.70. The first kappa shape index (κ1) is 11.4. The highest BCUT2D eigenvalue weighted by Crippen LogP contribution is 2.09. The summed E-state index contributed by atoms with van der Waals surface area (Å²) in [5.74, 6) is 1.48. The number of hydrogen-bond donors (Lipinski definition) is 1. The van der Waals surface area contributed by atoms with Crippen molar-refractivity contribution in [1.82, 2.24) is 15.3 Å². The van der Waals surface area contributed by atoms with Crippen molar-refractivity contribution in [3.8, 4) is 0 Å². The van der Waals surface area contributed by atoms with E-state index in [0.29, 0.717) is 12.4 Å². The normalized spacial score (nSPS) is 11.6. The summed E-state index contributed by atoms with van der Waals surface area (Å²) in [5.41, 5.74) is 0.0426. The fraction of sp³-hybridized carbons (Fsp3) is 0.600. The molecule has 14 heavy (non-hydrogen) atoms. The molecule has 0 spiro atoms. The smallest absolute Gasteiger partial charge is 0.141 e. The van der Waals surface area contributed by atoms with Gasteiger partial charge in [0, 0.05) is 23.8 Å². The van der Waals surface area contributed by atoms with Gasteiger partial charge in [-0.15, -0.1) is 11.6 Å². The molecule has 1 heterocycles. The molecule has 1 N–H and O–H groups in total. The minimum Gasteiger partial charge on any atom is -0.305 e. The molecule has 0 aromatic carbocycles. The SMILES string of the molecule is CC(C)(CCCl)NCc1ncccn1. The average Bonchev–Trinajstić information content (AvgIpc) is 2.17. The Hall–Kier alpha value is -0.670. The predicted molar refractivity (Wildman–Crippen MR) is 58.3 cm³/mol. The molecule has 0 fully saturated rings. The Morgan fingerprint density at radius 2 is 2.00 bits per heavy atom. The van der Waals surface area contributed by atoms with Crippen LogP contribution in [0.1, 0.15) is 26.1 Å². The van der Waals surface area contributed by atoms with Crippen LogP contribution in [-0.4, -0.2) is 21.4 Å². The molecule has 0 amide bonds. The summed E-state index contributed by atoms with van der Waals surface area (Å²) in [6, 6.07) is 1.81. The first-order valence-corrected chi connectivity index (χ1v) is 5.24. The molecule has 3 nitrogen and oxygen atoms in total. The van der Waals surface area contributed by atoms with E-state index in [1.807, 2.05) is 6.07 Å². The Morgan fingerprint density at radius 1 is 1.36 bits per heavy atom. The minimum atomic E-state index is 0.0426. The van der Waals surface area contributed by atoms with Crippen LogP contribution in [0.4, 0.5) is 0 Å². The van der Waals surface area contributed by atoms with E-state index in [0.717, 1.165) is 12.2 Å². The third-order valence-electron chi connectivity index (χ3n) is 2.06. The number of hydrogen-bond acceptors (Lipinski definition) is 3. The Bertz CT molecular complexity index is 261. The maximum absolute atomic E-state index is 5.70. The molecular formula is C10H16ClN3. The highest BCUT2D eigenvalue weighted by atomic mass is 35.5. The second-order valence-electron chi connectivity index (χ2n) is 3.84. The molecule has 0 unspecified atom stereocenters. The van der Waals surface area contributed by atoms with Crippen LogP contribution in [-0.2, 0) is 6.54 Å². The highest BCUT2D eigenvalue weighted by Gasteiger charge is 2.15. The van der Waals surface area contributed by atoms with E-state index >= 15 is 0 Å². The zero-order valence-corrected chi connectivity index (χ0v) is 9.38. The third-order valence-corrected chi connectivity index (χ3v) is 2.25. The molecule has 4 heteroatoms. The lowest BCUT2D eigenvalue weighted by Crippen LogP contribution is -2.39. The highest BCUT2D eigenvalue weighted by molar-refractivity contribution is 6.17. The molecule has 1 aromatic rings. The van der Waals surface area contributed by atoms with E-state index in [1.165, 1.54) is 0 Å². The summed E-state index contributed by atoms with van der Waals surface area (Å²) in [6.45, 7) is 4.93. The first-order valence-electron chi connectivity index (χ1n) is 4.71. The first-order chi connectivity index (χ1) is 6.64. The molecule has 0 aliphatic carbocycles. The molecule has 0 radical (unpaired) electrons. The standard InChI is InChI=1S/C10H16ClN3/c1-10(2,4-5-11)14-8-9-12-6-3-7-13-9/h3,6-7,14H,4-5,8H2,1-2H3. The molecule has 0 aliphatic heterocycles. The number of rotatable bonds is 5. The van der Waals surface area contributed by atoms with Crippen molar-refractivity contribution in [2.24, 2.45) is 0 Å². The van der Waals surface area contributed by atoms with Crippen LogP contribution in [0.15, 0.2) is 18.5 Å². The lowest BCUT2D eigenvalue weighted by atomic mass is 10.0. The van der Waals surface area contributed by atoms with Gasteiger partial charge in [0.2, 0.25) is 0 Å². The second-order valence-corrected chi connectivity index (χ2v) is 4.22. The van der Waals surface area contributed by atoms with Crippen LogP contribution in [0.5, 0.6) is 0 Å². The Morgan fingerprint density at radius 3 is 2.57 bits per heavy atom. The van der Waals surface area contributed by atoms with Gasteiger partial charge >= 0.3 is 0 Å². The van der Waals surface area contributed by atoms with Gasteiger partial charge < -0.3 is 5.32 Å². The number of nitrogens with one attached hydrogen (secondary N) is 1. The van der Waals surface area contributed by atoms with Crippen molar-refractivity contribution < 1.29 is 0 Å². The van der Waals surface area contributed by atoms with Gasteiger partial charge in [0.05, 0.1) is 6.54 Å².